The lowest BCUT2D eigenvalue weighted by Gasteiger charge is -2.20. The van der Waals surface area contributed by atoms with Crippen molar-refractivity contribution in [2.75, 3.05) is 5.32 Å². The number of aromatic amines is 1. The highest BCUT2D eigenvalue weighted by atomic mass is 32.2. The molecule has 0 fully saturated rings. The fourth-order valence-electron chi connectivity index (χ4n) is 2.96. The van der Waals surface area contributed by atoms with Crippen LogP contribution in [0.4, 0.5) is 15.9 Å². The van der Waals surface area contributed by atoms with Crippen molar-refractivity contribution in [3.8, 4) is 5.75 Å². The summed E-state index contributed by atoms with van der Waals surface area (Å²) in [4.78, 5) is 4.26. The molecule has 0 saturated heterocycles. The Labute approximate surface area is 166 Å². The minimum Gasteiger partial charge on any atom is -0.508 e. The molecular weight excluding hydrogens is 395 g/mol. The summed E-state index contributed by atoms with van der Waals surface area (Å²) in [5.74, 6) is -0.102. The molecule has 7 nitrogen and oxygen atoms in total. The lowest BCUT2D eigenvalue weighted by Crippen LogP contribution is -2.28. The summed E-state index contributed by atoms with van der Waals surface area (Å²) in [6.45, 7) is 4.77. The van der Waals surface area contributed by atoms with Gasteiger partial charge >= 0.3 is 0 Å². The van der Waals surface area contributed by atoms with Crippen LogP contribution in [0.25, 0.3) is 21.8 Å². The van der Waals surface area contributed by atoms with E-state index in [0.717, 1.165) is 0 Å². The molecule has 2 aromatic heterocycles. The van der Waals surface area contributed by atoms with Gasteiger partial charge in [-0.2, -0.15) is 5.10 Å². The molecule has 150 valence electrons. The number of H-pyrrole nitrogens is 1. The van der Waals surface area contributed by atoms with Crippen molar-refractivity contribution in [1.82, 2.24) is 15.2 Å². The van der Waals surface area contributed by atoms with Gasteiger partial charge in [0.1, 0.15) is 11.6 Å². The van der Waals surface area contributed by atoms with Crippen LogP contribution < -0.4 is 5.32 Å². The van der Waals surface area contributed by atoms with Gasteiger partial charge in [-0.05, 0) is 57.2 Å². The Bertz CT molecular complexity index is 1360. The molecule has 4 rings (SSSR count). The van der Waals surface area contributed by atoms with E-state index in [9.17, 15) is 17.9 Å². The Kier molecular flexibility index (Phi) is 4.23. The number of nitrogens with one attached hydrogen (secondary N) is 2. The maximum absolute atomic E-state index is 13.7. The van der Waals surface area contributed by atoms with E-state index in [1.165, 1.54) is 30.3 Å². The van der Waals surface area contributed by atoms with Gasteiger partial charge in [0.25, 0.3) is 0 Å². The molecule has 0 atom stereocenters. The molecule has 9 heteroatoms. The van der Waals surface area contributed by atoms with E-state index >= 15 is 0 Å². The number of pyridine rings is 1. The first-order valence-electron chi connectivity index (χ1n) is 8.85. The molecule has 0 amide bonds. The van der Waals surface area contributed by atoms with Crippen LogP contribution >= 0.6 is 0 Å². The van der Waals surface area contributed by atoms with E-state index in [1.54, 1.807) is 32.9 Å². The Hall–Kier alpha value is -3.20. The maximum Gasteiger partial charge on any atom is 0.200 e. The molecule has 2 aromatic carbocycles. The SMILES string of the molecule is CC(C)(C)S(=O)(=O)c1cc(Nc2n[nH]c3ccc(F)cc23)c2ccc(O)cc2n1. The van der Waals surface area contributed by atoms with E-state index in [1.807, 2.05) is 0 Å². The molecule has 0 aliphatic heterocycles. The van der Waals surface area contributed by atoms with Crippen molar-refractivity contribution in [2.24, 2.45) is 0 Å². The molecule has 0 spiro atoms. The summed E-state index contributed by atoms with van der Waals surface area (Å²) in [6, 6.07) is 10.2. The van der Waals surface area contributed by atoms with Gasteiger partial charge in [0.15, 0.2) is 10.8 Å². The van der Waals surface area contributed by atoms with Crippen molar-refractivity contribution >= 4 is 43.1 Å². The van der Waals surface area contributed by atoms with Crippen LogP contribution in [0.1, 0.15) is 20.8 Å². The number of phenols is 1. The molecule has 0 bridgehead atoms. The van der Waals surface area contributed by atoms with Gasteiger partial charge < -0.3 is 10.4 Å². The monoisotopic (exact) mass is 414 g/mol. The summed E-state index contributed by atoms with van der Waals surface area (Å²) < 4.78 is 38.6. The fraction of sp³-hybridized carbons (Fsp3) is 0.200. The van der Waals surface area contributed by atoms with Crippen molar-refractivity contribution in [3.05, 3.63) is 48.3 Å². The smallest absolute Gasteiger partial charge is 0.200 e. The molecule has 3 N–H and O–H groups in total. The number of halogens is 1. The first-order chi connectivity index (χ1) is 13.6. The number of benzene rings is 2. The normalized spacial score (nSPS) is 12.6. The lowest BCUT2D eigenvalue weighted by molar-refractivity contribution is 0.476. The quantitative estimate of drug-likeness (QED) is 0.462. The van der Waals surface area contributed by atoms with Crippen molar-refractivity contribution < 1.29 is 17.9 Å². The molecule has 4 aromatic rings. The average molecular weight is 414 g/mol. The van der Waals surface area contributed by atoms with E-state index < -0.39 is 20.4 Å². The van der Waals surface area contributed by atoms with Crippen LogP contribution in [-0.2, 0) is 9.84 Å². The van der Waals surface area contributed by atoms with Gasteiger partial charge in [0.2, 0.25) is 9.84 Å². The predicted molar refractivity (Wildman–Crippen MR) is 110 cm³/mol. The highest BCUT2D eigenvalue weighted by molar-refractivity contribution is 7.92. The Balaban J connectivity index is 1.94. The minimum atomic E-state index is -3.75. The van der Waals surface area contributed by atoms with E-state index in [-0.39, 0.29) is 10.8 Å². The number of rotatable bonds is 3. The second kappa shape index (κ2) is 6.41. The third-order valence-corrected chi connectivity index (χ3v) is 7.00. The van der Waals surface area contributed by atoms with Crippen LogP contribution in [-0.4, -0.2) is 33.5 Å². The number of hydrogen-bond acceptors (Lipinski definition) is 6. The third-order valence-electron chi connectivity index (χ3n) is 4.63. The fourth-order valence-corrected chi connectivity index (χ4v) is 4.08. The van der Waals surface area contributed by atoms with Gasteiger partial charge in [-0.3, -0.25) is 5.10 Å². The molecule has 0 aliphatic carbocycles. The maximum atomic E-state index is 13.7. The van der Waals surface area contributed by atoms with Gasteiger partial charge in [-0.1, -0.05) is 0 Å². The van der Waals surface area contributed by atoms with Crippen molar-refractivity contribution in [3.63, 3.8) is 0 Å². The number of hydrogen-bond donors (Lipinski definition) is 3. The zero-order valence-electron chi connectivity index (χ0n) is 16.0. The van der Waals surface area contributed by atoms with Crippen molar-refractivity contribution in [1.29, 1.82) is 0 Å². The van der Waals surface area contributed by atoms with Gasteiger partial charge in [0.05, 0.1) is 21.5 Å². The first kappa shape index (κ1) is 19.1. The van der Waals surface area contributed by atoms with Crippen molar-refractivity contribution in [2.45, 2.75) is 30.5 Å². The highest BCUT2D eigenvalue weighted by Crippen LogP contribution is 2.34. The van der Waals surface area contributed by atoms with Crippen LogP contribution in [0.15, 0.2) is 47.5 Å². The molecular formula is C20H19FN4O3S. The van der Waals surface area contributed by atoms with Crippen LogP contribution in [0, 0.1) is 5.82 Å². The largest absolute Gasteiger partial charge is 0.508 e. The highest BCUT2D eigenvalue weighted by Gasteiger charge is 2.33. The number of fused-ring (bicyclic) bond motifs is 2. The molecule has 0 unspecified atom stereocenters. The Morgan fingerprint density at radius 2 is 1.83 bits per heavy atom. The average Bonchev–Trinajstić information content (AvgIpc) is 3.02. The number of aromatic hydroxyl groups is 1. The minimum absolute atomic E-state index is 0.0338. The first-order valence-corrected chi connectivity index (χ1v) is 10.3. The van der Waals surface area contributed by atoms with Crippen LogP contribution in [0.5, 0.6) is 5.75 Å². The third kappa shape index (κ3) is 3.27. The Morgan fingerprint density at radius 3 is 2.55 bits per heavy atom. The summed E-state index contributed by atoms with van der Waals surface area (Å²) in [7, 11) is -3.75. The number of phenolic OH excluding ortho intramolecular Hbond substituents is 1. The number of sulfone groups is 1. The van der Waals surface area contributed by atoms with E-state index in [4.69, 9.17) is 0 Å². The second-order valence-electron chi connectivity index (χ2n) is 7.71. The molecule has 2 heterocycles. The summed E-state index contributed by atoms with van der Waals surface area (Å²) >= 11 is 0. The molecule has 0 radical (unpaired) electrons. The van der Waals surface area contributed by atoms with E-state index in [0.29, 0.717) is 33.3 Å². The predicted octanol–water partition coefficient (Wildman–Crippen LogP) is 4.27. The molecule has 0 aliphatic rings. The molecule has 0 saturated carbocycles. The second-order valence-corrected chi connectivity index (χ2v) is 10.4. The lowest BCUT2D eigenvalue weighted by atomic mass is 10.1. The number of nitrogens with zero attached hydrogens (tertiary/aromatic N) is 2. The van der Waals surface area contributed by atoms with Gasteiger partial charge in [-0.25, -0.2) is 17.8 Å². The van der Waals surface area contributed by atoms with Crippen LogP contribution in [0.2, 0.25) is 0 Å². The van der Waals surface area contributed by atoms with Gasteiger partial charge in [0, 0.05) is 16.8 Å². The van der Waals surface area contributed by atoms with Gasteiger partial charge in [-0.15, -0.1) is 0 Å². The number of anilines is 2. The standard InChI is InChI=1S/C20H19FN4O3S/c1-20(2,3)29(27,28)18-10-17(13-6-5-12(26)9-16(13)22-18)23-19-14-8-11(21)4-7-15(14)24-25-19/h4-10,26H,1-3H3,(H2,22,23,24,25). The zero-order chi connectivity index (χ0) is 21.0. The summed E-state index contributed by atoms with van der Waals surface area (Å²) in [5.41, 5.74) is 1.37. The zero-order valence-corrected chi connectivity index (χ0v) is 16.8. The summed E-state index contributed by atoms with van der Waals surface area (Å²) in [5, 5.41) is 20.9. The Morgan fingerprint density at radius 1 is 1.07 bits per heavy atom. The number of aromatic nitrogens is 3. The van der Waals surface area contributed by atoms with Crippen LogP contribution in [0.3, 0.4) is 0 Å². The van der Waals surface area contributed by atoms with E-state index in [2.05, 4.69) is 20.5 Å². The molecule has 29 heavy (non-hydrogen) atoms. The summed E-state index contributed by atoms with van der Waals surface area (Å²) in [6.07, 6.45) is 0. The topological polar surface area (TPSA) is 108 Å².